The smallest absolute Gasteiger partial charge is 0.103 e. The van der Waals surface area contributed by atoms with E-state index in [1.165, 1.54) is 5.56 Å². The molecular formula is C18H23+. The second-order valence-corrected chi connectivity index (χ2v) is 4.05. The van der Waals surface area contributed by atoms with Gasteiger partial charge in [0.15, 0.2) is 0 Å². The number of rotatable bonds is 1. The van der Waals surface area contributed by atoms with E-state index in [1.54, 1.807) is 6.08 Å². The predicted octanol–water partition coefficient (Wildman–Crippen LogP) is 5.47. The van der Waals surface area contributed by atoms with Crippen LogP contribution in [-0.4, -0.2) is 0 Å². The van der Waals surface area contributed by atoms with Gasteiger partial charge in [-0.3, -0.25) is 0 Å². The van der Waals surface area contributed by atoms with Gasteiger partial charge in [-0.15, -0.1) is 6.58 Å². The molecule has 1 aliphatic rings. The molecule has 0 fully saturated rings. The molecule has 0 atom stereocenters. The molecule has 94 valence electrons. The number of hydrogen-bond acceptors (Lipinski definition) is 0. The molecule has 0 spiro atoms. The van der Waals surface area contributed by atoms with Crippen molar-refractivity contribution in [1.29, 1.82) is 0 Å². The molecule has 0 saturated carbocycles. The summed E-state index contributed by atoms with van der Waals surface area (Å²) in [6.07, 6.45) is 14.2. The molecule has 0 heteroatoms. The standard InChI is InChI=1S/C9H12.C6H5.C3H6/c1-8(2)9-6-4-3-5-7-9;1-2-4-6-5-3-1;1-3-2/h3-8H,1-2H3;1-5H;3H,1H2,2H3/q;+1;. The number of benzene rings is 1. The van der Waals surface area contributed by atoms with E-state index in [2.05, 4.69) is 50.8 Å². The lowest BCUT2D eigenvalue weighted by Gasteiger charge is -2.01. The maximum absolute atomic E-state index is 3.36. The van der Waals surface area contributed by atoms with Crippen LogP contribution in [0.15, 0.2) is 73.4 Å². The Bertz CT molecular complexity index is 342. The first kappa shape index (κ1) is 16.1. The SMILES string of the molecule is C=CC.CC(C)c1ccccc1.[C+]1=CC=CC=C1. The van der Waals surface area contributed by atoms with Gasteiger partial charge >= 0.3 is 0 Å². The van der Waals surface area contributed by atoms with Crippen LogP contribution in [0.2, 0.25) is 0 Å². The largest absolute Gasteiger partial charge is 0.103 e. The van der Waals surface area contributed by atoms with Crippen LogP contribution in [-0.2, 0) is 0 Å². The molecule has 0 radical (unpaired) electrons. The van der Waals surface area contributed by atoms with Crippen molar-refractivity contribution in [3.63, 3.8) is 0 Å². The molecule has 0 bridgehead atoms. The van der Waals surface area contributed by atoms with Crippen LogP contribution in [0.25, 0.3) is 0 Å². The molecule has 0 aliphatic heterocycles. The van der Waals surface area contributed by atoms with E-state index >= 15 is 0 Å². The molecule has 0 unspecified atom stereocenters. The van der Waals surface area contributed by atoms with Crippen molar-refractivity contribution in [3.05, 3.63) is 85.0 Å². The monoisotopic (exact) mass is 239 g/mol. The lowest BCUT2D eigenvalue weighted by Crippen LogP contribution is -1.83. The van der Waals surface area contributed by atoms with E-state index in [1.807, 2.05) is 43.4 Å². The molecular weight excluding hydrogens is 216 g/mol. The lowest BCUT2D eigenvalue weighted by molar-refractivity contribution is 0.867. The average molecular weight is 239 g/mol. The van der Waals surface area contributed by atoms with Gasteiger partial charge in [0, 0.05) is 24.3 Å². The highest BCUT2D eigenvalue weighted by molar-refractivity contribution is 5.19. The zero-order chi connectivity index (χ0) is 13.6. The molecule has 2 rings (SSSR count). The molecule has 1 aromatic carbocycles. The second kappa shape index (κ2) is 11.6. The number of allylic oxidation sites excluding steroid dienone is 7. The van der Waals surface area contributed by atoms with E-state index < -0.39 is 0 Å². The Morgan fingerprint density at radius 1 is 1.06 bits per heavy atom. The van der Waals surface area contributed by atoms with Crippen molar-refractivity contribution >= 4 is 0 Å². The van der Waals surface area contributed by atoms with Crippen LogP contribution in [0.4, 0.5) is 0 Å². The van der Waals surface area contributed by atoms with Crippen LogP contribution in [0, 0.1) is 6.08 Å². The Labute approximate surface area is 112 Å². The summed E-state index contributed by atoms with van der Waals surface area (Å²) >= 11 is 0. The van der Waals surface area contributed by atoms with Gasteiger partial charge in [-0.25, -0.2) is 0 Å². The summed E-state index contributed by atoms with van der Waals surface area (Å²) in [4.78, 5) is 0. The van der Waals surface area contributed by atoms with Crippen LogP contribution in [0.3, 0.4) is 0 Å². The molecule has 18 heavy (non-hydrogen) atoms. The summed E-state index contributed by atoms with van der Waals surface area (Å²) in [5.41, 5.74) is 1.41. The van der Waals surface area contributed by atoms with Crippen LogP contribution >= 0.6 is 0 Å². The quantitative estimate of drug-likeness (QED) is 0.450. The van der Waals surface area contributed by atoms with Crippen LogP contribution in [0.1, 0.15) is 32.3 Å². The number of hydrogen-bond donors (Lipinski definition) is 0. The Morgan fingerprint density at radius 3 is 1.89 bits per heavy atom. The Morgan fingerprint density at radius 2 is 1.67 bits per heavy atom. The fraction of sp³-hybridized carbons (Fsp3) is 0.222. The third-order valence-corrected chi connectivity index (χ3v) is 2.07. The van der Waals surface area contributed by atoms with E-state index in [4.69, 9.17) is 0 Å². The van der Waals surface area contributed by atoms with Crippen LogP contribution in [0.5, 0.6) is 0 Å². The van der Waals surface area contributed by atoms with Gasteiger partial charge in [-0.1, -0.05) is 50.3 Å². The summed E-state index contributed by atoms with van der Waals surface area (Å²) in [5.74, 6) is 0.659. The van der Waals surface area contributed by atoms with Crippen LogP contribution < -0.4 is 0 Å². The Hall–Kier alpha value is -1.91. The van der Waals surface area contributed by atoms with Gasteiger partial charge in [-0.05, 0) is 18.4 Å². The van der Waals surface area contributed by atoms with Gasteiger partial charge in [0.1, 0.15) is 12.2 Å². The minimum atomic E-state index is 0.659. The topological polar surface area (TPSA) is 0 Å². The van der Waals surface area contributed by atoms with Crippen molar-refractivity contribution in [3.8, 4) is 0 Å². The van der Waals surface area contributed by atoms with Crippen molar-refractivity contribution in [2.45, 2.75) is 26.7 Å². The van der Waals surface area contributed by atoms with E-state index in [0.717, 1.165) is 0 Å². The first-order chi connectivity index (χ1) is 8.72. The molecule has 1 aliphatic carbocycles. The minimum Gasteiger partial charge on any atom is -0.103 e. The molecule has 1 aromatic rings. The summed E-state index contributed by atoms with van der Waals surface area (Å²) < 4.78 is 0. The summed E-state index contributed by atoms with van der Waals surface area (Å²) in [5, 5.41) is 0. The fourth-order valence-corrected chi connectivity index (χ4v) is 1.18. The van der Waals surface area contributed by atoms with Crippen molar-refractivity contribution in [2.24, 2.45) is 0 Å². The highest BCUT2D eigenvalue weighted by Gasteiger charge is 1.93. The minimum absolute atomic E-state index is 0.659. The molecule has 0 amide bonds. The molecule has 0 N–H and O–H groups in total. The van der Waals surface area contributed by atoms with Gasteiger partial charge in [0.05, 0.1) is 0 Å². The van der Waals surface area contributed by atoms with Crippen molar-refractivity contribution in [2.75, 3.05) is 0 Å². The van der Waals surface area contributed by atoms with Crippen molar-refractivity contribution in [1.82, 2.24) is 0 Å². The molecule has 0 nitrogen and oxygen atoms in total. The zero-order valence-corrected chi connectivity index (χ0v) is 11.6. The highest BCUT2D eigenvalue weighted by Crippen LogP contribution is 2.11. The Balaban J connectivity index is 0.000000278. The van der Waals surface area contributed by atoms with Gasteiger partial charge in [0.2, 0.25) is 0 Å². The summed E-state index contributed by atoms with van der Waals surface area (Å²) in [7, 11) is 0. The van der Waals surface area contributed by atoms with E-state index in [-0.39, 0.29) is 0 Å². The second-order valence-electron chi connectivity index (χ2n) is 4.05. The zero-order valence-electron chi connectivity index (χ0n) is 11.6. The van der Waals surface area contributed by atoms with Gasteiger partial charge in [-0.2, -0.15) is 0 Å². The van der Waals surface area contributed by atoms with E-state index in [9.17, 15) is 0 Å². The third kappa shape index (κ3) is 9.33. The first-order valence-corrected chi connectivity index (χ1v) is 6.25. The fourth-order valence-electron chi connectivity index (χ4n) is 1.18. The summed E-state index contributed by atoms with van der Waals surface area (Å²) in [6.45, 7) is 9.66. The summed E-state index contributed by atoms with van der Waals surface area (Å²) in [6, 6.07) is 10.5. The molecule has 0 heterocycles. The van der Waals surface area contributed by atoms with Crippen molar-refractivity contribution < 1.29 is 0 Å². The average Bonchev–Trinajstić information content (AvgIpc) is 2.43. The molecule has 0 aromatic heterocycles. The van der Waals surface area contributed by atoms with Gasteiger partial charge in [0.25, 0.3) is 0 Å². The maximum Gasteiger partial charge on any atom is 0.103 e. The highest BCUT2D eigenvalue weighted by atomic mass is 14.0. The molecule has 0 saturated heterocycles. The van der Waals surface area contributed by atoms with Gasteiger partial charge < -0.3 is 0 Å². The normalized spacial score (nSPS) is 10.7. The maximum atomic E-state index is 3.36. The predicted molar refractivity (Wildman–Crippen MR) is 82.5 cm³/mol. The lowest BCUT2D eigenvalue weighted by atomic mass is 10.0. The Kier molecular flexibility index (Phi) is 10.3. The third-order valence-electron chi connectivity index (χ3n) is 2.07. The first-order valence-electron chi connectivity index (χ1n) is 6.25. The van der Waals surface area contributed by atoms with E-state index in [0.29, 0.717) is 5.92 Å².